The van der Waals surface area contributed by atoms with Gasteiger partial charge in [0.15, 0.2) is 24.7 Å². The highest BCUT2D eigenvalue weighted by atomic mass is 16.1. The quantitative estimate of drug-likeness (QED) is 0.517. The number of rotatable bonds is 2. The third-order valence-electron chi connectivity index (χ3n) is 3.01. The molecular formula is C12H16NO+. The molecule has 1 aliphatic rings. The van der Waals surface area contributed by atoms with E-state index in [4.69, 9.17) is 0 Å². The van der Waals surface area contributed by atoms with Gasteiger partial charge in [-0.05, 0) is 12.8 Å². The van der Waals surface area contributed by atoms with E-state index in [2.05, 4.69) is 4.57 Å². The van der Waals surface area contributed by atoms with Crippen LogP contribution in [0.25, 0.3) is 0 Å². The third kappa shape index (κ3) is 2.00. The molecule has 1 saturated carbocycles. The molecular weight excluding hydrogens is 174 g/mol. The summed E-state index contributed by atoms with van der Waals surface area (Å²) in [6.07, 6.45) is 11.6. The van der Waals surface area contributed by atoms with E-state index < -0.39 is 0 Å². The standard InChI is InChI=1S/C12H16NO/c14-10-11-6-8-13(9-7-11)12-4-2-1-3-5-12/h6-10,12H,1-5H2/q+1. The van der Waals surface area contributed by atoms with Crippen molar-refractivity contribution in [3.63, 3.8) is 0 Å². The number of hydrogen-bond donors (Lipinski definition) is 0. The lowest BCUT2D eigenvalue weighted by molar-refractivity contribution is -0.725. The van der Waals surface area contributed by atoms with Gasteiger partial charge in [-0.1, -0.05) is 6.42 Å². The van der Waals surface area contributed by atoms with Crippen LogP contribution in [0.15, 0.2) is 24.5 Å². The van der Waals surface area contributed by atoms with Crippen molar-refractivity contribution in [1.29, 1.82) is 0 Å². The van der Waals surface area contributed by atoms with Gasteiger partial charge in [0, 0.05) is 30.5 Å². The molecule has 2 heteroatoms. The van der Waals surface area contributed by atoms with Crippen molar-refractivity contribution in [3.8, 4) is 0 Å². The number of aromatic nitrogens is 1. The molecule has 1 aromatic heterocycles. The Hall–Kier alpha value is -1.18. The minimum absolute atomic E-state index is 0.657. The largest absolute Gasteiger partial charge is 0.298 e. The fraction of sp³-hybridized carbons (Fsp3) is 0.500. The number of pyridine rings is 1. The van der Waals surface area contributed by atoms with E-state index in [1.807, 2.05) is 24.5 Å². The molecule has 2 rings (SSSR count). The van der Waals surface area contributed by atoms with Gasteiger partial charge in [0.25, 0.3) is 0 Å². The molecule has 74 valence electrons. The number of nitrogens with zero attached hydrogens (tertiary/aromatic N) is 1. The Kier molecular flexibility index (Phi) is 2.92. The van der Waals surface area contributed by atoms with E-state index in [0.29, 0.717) is 6.04 Å². The van der Waals surface area contributed by atoms with Gasteiger partial charge >= 0.3 is 0 Å². The summed E-state index contributed by atoms with van der Waals surface area (Å²) in [5.74, 6) is 0. The van der Waals surface area contributed by atoms with Crippen molar-refractivity contribution in [2.45, 2.75) is 38.1 Å². The van der Waals surface area contributed by atoms with Gasteiger partial charge in [0.2, 0.25) is 0 Å². The Labute approximate surface area is 84.6 Å². The van der Waals surface area contributed by atoms with Crippen LogP contribution < -0.4 is 4.57 Å². The van der Waals surface area contributed by atoms with Crippen LogP contribution in [-0.2, 0) is 0 Å². The van der Waals surface area contributed by atoms with Crippen molar-refractivity contribution in [2.75, 3.05) is 0 Å². The molecule has 0 N–H and O–H groups in total. The van der Waals surface area contributed by atoms with Crippen LogP contribution in [0, 0.1) is 0 Å². The van der Waals surface area contributed by atoms with Crippen LogP contribution in [-0.4, -0.2) is 6.29 Å². The lowest BCUT2D eigenvalue weighted by Crippen LogP contribution is -2.39. The van der Waals surface area contributed by atoms with Crippen LogP contribution in [0.3, 0.4) is 0 Å². The van der Waals surface area contributed by atoms with E-state index in [-0.39, 0.29) is 0 Å². The van der Waals surface area contributed by atoms with Crippen molar-refractivity contribution >= 4 is 6.29 Å². The summed E-state index contributed by atoms with van der Waals surface area (Å²) in [5, 5.41) is 0. The van der Waals surface area contributed by atoms with Crippen molar-refractivity contribution in [3.05, 3.63) is 30.1 Å². The molecule has 0 aromatic carbocycles. The molecule has 1 fully saturated rings. The Bertz CT molecular complexity index is 299. The minimum Gasteiger partial charge on any atom is -0.298 e. The van der Waals surface area contributed by atoms with Crippen molar-refractivity contribution in [1.82, 2.24) is 0 Å². The first kappa shape index (κ1) is 9.38. The molecule has 0 bridgehead atoms. The van der Waals surface area contributed by atoms with Crippen LogP contribution in [0.1, 0.15) is 48.5 Å². The lowest BCUT2D eigenvalue weighted by atomic mass is 9.95. The first-order valence-corrected chi connectivity index (χ1v) is 5.36. The molecule has 0 spiro atoms. The predicted octanol–water partition coefficient (Wildman–Crippen LogP) is 2.29. The Balaban J connectivity index is 2.11. The summed E-state index contributed by atoms with van der Waals surface area (Å²) >= 11 is 0. The fourth-order valence-corrected chi connectivity index (χ4v) is 2.15. The van der Waals surface area contributed by atoms with E-state index in [9.17, 15) is 4.79 Å². The molecule has 2 nitrogen and oxygen atoms in total. The molecule has 0 radical (unpaired) electrons. The van der Waals surface area contributed by atoms with Gasteiger partial charge in [-0.2, -0.15) is 0 Å². The summed E-state index contributed by atoms with van der Waals surface area (Å²) < 4.78 is 2.24. The zero-order valence-corrected chi connectivity index (χ0v) is 8.36. The highest BCUT2D eigenvalue weighted by molar-refractivity contribution is 5.73. The normalized spacial score (nSPS) is 18.0. The SMILES string of the molecule is O=Cc1cc[n+](C2CCCCC2)cc1. The summed E-state index contributed by atoms with van der Waals surface area (Å²) in [6.45, 7) is 0. The molecule has 1 heterocycles. The Morgan fingerprint density at radius 1 is 1.14 bits per heavy atom. The summed E-state index contributed by atoms with van der Waals surface area (Å²) in [6, 6.07) is 4.44. The van der Waals surface area contributed by atoms with Crippen LogP contribution in [0.2, 0.25) is 0 Å². The first-order chi connectivity index (χ1) is 6.90. The smallest absolute Gasteiger partial charge is 0.169 e. The average molecular weight is 190 g/mol. The van der Waals surface area contributed by atoms with Gasteiger partial charge in [0.05, 0.1) is 0 Å². The predicted molar refractivity (Wildman–Crippen MR) is 54.1 cm³/mol. The van der Waals surface area contributed by atoms with Crippen LogP contribution in [0.5, 0.6) is 0 Å². The van der Waals surface area contributed by atoms with Gasteiger partial charge in [0.1, 0.15) is 0 Å². The Morgan fingerprint density at radius 2 is 1.79 bits per heavy atom. The fourth-order valence-electron chi connectivity index (χ4n) is 2.15. The monoisotopic (exact) mass is 190 g/mol. The van der Waals surface area contributed by atoms with E-state index in [1.165, 1.54) is 32.1 Å². The highest BCUT2D eigenvalue weighted by Crippen LogP contribution is 2.23. The average Bonchev–Trinajstić information content (AvgIpc) is 2.30. The summed E-state index contributed by atoms with van der Waals surface area (Å²) in [5.41, 5.74) is 0.761. The van der Waals surface area contributed by atoms with Crippen LogP contribution >= 0.6 is 0 Å². The minimum atomic E-state index is 0.657. The lowest BCUT2D eigenvalue weighted by Gasteiger charge is -2.16. The van der Waals surface area contributed by atoms with E-state index >= 15 is 0 Å². The summed E-state index contributed by atoms with van der Waals surface area (Å²) in [7, 11) is 0. The topological polar surface area (TPSA) is 20.9 Å². The molecule has 0 unspecified atom stereocenters. The molecule has 0 atom stereocenters. The molecule has 0 saturated heterocycles. The molecule has 0 amide bonds. The third-order valence-corrected chi connectivity index (χ3v) is 3.01. The second kappa shape index (κ2) is 4.36. The zero-order valence-electron chi connectivity index (χ0n) is 8.36. The number of aldehydes is 1. The number of carbonyl (C=O) groups excluding carboxylic acids is 1. The number of hydrogen-bond acceptors (Lipinski definition) is 1. The maximum absolute atomic E-state index is 10.5. The summed E-state index contributed by atoms with van der Waals surface area (Å²) in [4.78, 5) is 10.5. The first-order valence-electron chi connectivity index (χ1n) is 5.36. The number of carbonyl (C=O) groups is 1. The molecule has 1 aromatic rings. The van der Waals surface area contributed by atoms with Gasteiger partial charge < -0.3 is 0 Å². The van der Waals surface area contributed by atoms with Crippen molar-refractivity contribution < 1.29 is 9.36 Å². The van der Waals surface area contributed by atoms with Gasteiger partial charge in [-0.3, -0.25) is 4.79 Å². The van der Waals surface area contributed by atoms with Gasteiger partial charge in [-0.25, -0.2) is 4.57 Å². The second-order valence-electron chi connectivity index (χ2n) is 3.99. The molecule has 0 aliphatic heterocycles. The van der Waals surface area contributed by atoms with E-state index in [0.717, 1.165) is 11.8 Å². The van der Waals surface area contributed by atoms with E-state index in [1.54, 1.807) is 0 Å². The van der Waals surface area contributed by atoms with Crippen LogP contribution in [0.4, 0.5) is 0 Å². The zero-order chi connectivity index (χ0) is 9.80. The maximum atomic E-state index is 10.5. The second-order valence-corrected chi connectivity index (χ2v) is 3.99. The van der Waals surface area contributed by atoms with Gasteiger partial charge in [-0.15, -0.1) is 0 Å². The highest BCUT2D eigenvalue weighted by Gasteiger charge is 2.20. The molecule has 14 heavy (non-hydrogen) atoms. The van der Waals surface area contributed by atoms with Crippen molar-refractivity contribution in [2.24, 2.45) is 0 Å². The molecule has 1 aliphatic carbocycles. The maximum Gasteiger partial charge on any atom is 0.169 e. The Morgan fingerprint density at radius 3 is 2.36 bits per heavy atom.